The number of hydrogen-bond acceptors (Lipinski definition) is 3. The summed E-state index contributed by atoms with van der Waals surface area (Å²) in [5, 5.41) is 14.9. The van der Waals surface area contributed by atoms with E-state index in [9.17, 15) is 4.79 Å². The summed E-state index contributed by atoms with van der Waals surface area (Å²) in [6.45, 7) is 1.83. The predicted octanol–water partition coefficient (Wildman–Crippen LogP) is 0.741. The topological polar surface area (TPSA) is 74.5 Å². The fourth-order valence-corrected chi connectivity index (χ4v) is 1.42. The molecule has 0 bridgehead atoms. The van der Waals surface area contributed by atoms with Crippen molar-refractivity contribution in [2.45, 2.75) is 6.92 Å². The molecule has 1 heterocycles. The van der Waals surface area contributed by atoms with Crippen molar-refractivity contribution in [3.63, 3.8) is 0 Å². The molecular formula is C10H8N4O. The highest BCUT2D eigenvalue weighted by atomic mass is 16.1. The highest BCUT2D eigenvalue weighted by Crippen LogP contribution is 2.15. The van der Waals surface area contributed by atoms with Crippen molar-refractivity contribution >= 4 is 0 Å². The molecule has 2 aromatic rings. The largest absolute Gasteiger partial charge is 0.347 e. The molecule has 1 N–H and O–H groups in total. The van der Waals surface area contributed by atoms with Gasteiger partial charge in [-0.2, -0.15) is 10.4 Å². The lowest BCUT2D eigenvalue weighted by molar-refractivity contribution is 0.976. The molecule has 0 fully saturated rings. The quantitative estimate of drug-likeness (QED) is 0.737. The molecule has 0 atom stereocenters. The SMILES string of the molecule is Cc1cccc(-n2cn[nH]c2=O)c1C#N. The number of rotatable bonds is 1. The number of aromatic nitrogens is 3. The normalized spacial score (nSPS) is 9.87. The maximum absolute atomic E-state index is 11.3. The van der Waals surface area contributed by atoms with Gasteiger partial charge in [0.1, 0.15) is 12.4 Å². The van der Waals surface area contributed by atoms with Crippen molar-refractivity contribution in [2.24, 2.45) is 0 Å². The molecule has 5 nitrogen and oxygen atoms in total. The molecule has 1 aromatic heterocycles. The number of hydrogen-bond donors (Lipinski definition) is 1. The predicted molar refractivity (Wildman–Crippen MR) is 53.6 cm³/mol. The minimum absolute atomic E-state index is 0.350. The van der Waals surface area contributed by atoms with Gasteiger partial charge in [0.15, 0.2) is 0 Å². The highest BCUT2D eigenvalue weighted by Gasteiger charge is 2.08. The molecule has 1 aromatic carbocycles. The average Bonchev–Trinajstić information content (AvgIpc) is 2.64. The van der Waals surface area contributed by atoms with E-state index in [0.29, 0.717) is 11.3 Å². The van der Waals surface area contributed by atoms with Gasteiger partial charge in [-0.3, -0.25) is 0 Å². The number of nitrogens with one attached hydrogen (secondary N) is 1. The van der Waals surface area contributed by atoms with E-state index < -0.39 is 0 Å². The molecule has 0 aliphatic carbocycles. The van der Waals surface area contributed by atoms with Gasteiger partial charge in [0.25, 0.3) is 0 Å². The molecule has 0 saturated carbocycles. The van der Waals surface area contributed by atoms with Crippen LogP contribution in [0.2, 0.25) is 0 Å². The zero-order valence-electron chi connectivity index (χ0n) is 8.06. The number of nitrogens with zero attached hydrogens (tertiary/aromatic N) is 3. The van der Waals surface area contributed by atoms with Gasteiger partial charge in [-0.15, -0.1) is 0 Å². The van der Waals surface area contributed by atoms with Crippen molar-refractivity contribution in [3.8, 4) is 11.8 Å². The number of nitriles is 1. The van der Waals surface area contributed by atoms with E-state index in [2.05, 4.69) is 16.3 Å². The summed E-state index contributed by atoms with van der Waals surface area (Å²) >= 11 is 0. The van der Waals surface area contributed by atoms with Gasteiger partial charge in [-0.25, -0.2) is 14.5 Å². The number of aryl methyl sites for hydroxylation is 1. The molecule has 2 rings (SSSR count). The molecule has 0 saturated heterocycles. The van der Waals surface area contributed by atoms with E-state index in [-0.39, 0.29) is 5.69 Å². The highest BCUT2D eigenvalue weighted by molar-refractivity contribution is 5.52. The summed E-state index contributed by atoms with van der Waals surface area (Å²) < 4.78 is 1.31. The summed E-state index contributed by atoms with van der Waals surface area (Å²) in [6, 6.07) is 7.41. The molecule has 5 heteroatoms. The van der Waals surface area contributed by atoms with Gasteiger partial charge in [0.05, 0.1) is 11.3 Å². The molecule has 0 spiro atoms. The summed E-state index contributed by atoms with van der Waals surface area (Å²) in [4.78, 5) is 11.3. The van der Waals surface area contributed by atoms with Crippen molar-refractivity contribution in [1.82, 2.24) is 14.8 Å². The van der Waals surface area contributed by atoms with Crippen molar-refractivity contribution in [1.29, 1.82) is 5.26 Å². The Balaban J connectivity index is 2.75. The Bertz CT molecular complexity index is 588. The van der Waals surface area contributed by atoms with Gasteiger partial charge < -0.3 is 0 Å². The van der Waals surface area contributed by atoms with Crippen LogP contribution < -0.4 is 5.69 Å². The van der Waals surface area contributed by atoms with Crippen molar-refractivity contribution in [2.75, 3.05) is 0 Å². The van der Waals surface area contributed by atoms with Crippen LogP contribution in [0.3, 0.4) is 0 Å². The third-order valence-corrected chi connectivity index (χ3v) is 2.17. The van der Waals surface area contributed by atoms with Crippen LogP contribution in [-0.4, -0.2) is 14.8 Å². The van der Waals surface area contributed by atoms with Crippen LogP contribution in [0.1, 0.15) is 11.1 Å². The van der Waals surface area contributed by atoms with Crippen LogP contribution in [0.5, 0.6) is 0 Å². The lowest BCUT2D eigenvalue weighted by atomic mass is 10.1. The van der Waals surface area contributed by atoms with Crippen LogP contribution in [0.15, 0.2) is 29.3 Å². The summed E-state index contributed by atoms with van der Waals surface area (Å²) in [7, 11) is 0. The van der Waals surface area contributed by atoms with Crippen LogP contribution in [-0.2, 0) is 0 Å². The zero-order valence-corrected chi connectivity index (χ0v) is 8.06. The van der Waals surface area contributed by atoms with Crippen LogP contribution >= 0.6 is 0 Å². The molecule has 0 aliphatic rings. The fourth-order valence-electron chi connectivity index (χ4n) is 1.42. The van der Waals surface area contributed by atoms with E-state index in [1.165, 1.54) is 10.9 Å². The Morgan fingerprint density at radius 3 is 2.93 bits per heavy atom. The zero-order chi connectivity index (χ0) is 10.8. The molecule has 0 unspecified atom stereocenters. The Hall–Kier alpha value is -2.35. The van der Waals surface area contributed by atoms with Gasteiger partial charge in [-0.1, -0.05) is 12.1 Å². The first-order valence-corrected chi connectivity index (χ1v) is 4.36. The molecular weight excluding hydrogens is 192 g/mol. The summed E-state index contributed by atoms with van der Waals surface area (Å²) in [5.41, 5.74) is 1.53. The molecule has 74 valence electrons. The summed E-state index contributed by atoms with van der Waals surface area (Å²) in [5.74, 6) is 0. The first-order chi connectivity index (χ1) is 7.24. The van der Waals surface area contributed by atoms with E-state index >= 15 is 0 Å². The second kappa shape index (κ2) is 3.42. The Kier molecular flexibility index (Phi) is 2.10. The fraction of sp³-hybridized carbons (Fsp3) is 0.100. The standard InChI is InChI=1S/C10H8N4O/c1-7-3-2-4-9(8(7)5-11)14-6-12-13-10(14)15/h2-4,6H,1H3,(H,13,15). The van der Waals surface area contributed by atoms with Gasteiger partial charge in [0, 0.05) is 0 Å². The van der Waals surface area contributed by atoms with Crippen molar-refractivity contribution < 1.29 is 0 Å². The first-order valence-electron chi connectivity index (χ1n) is 4.36. The Morgan fingerprint density at radius 2 is 2.33 bits per heavy atom. The van der Waals surface area contributed by atoms with E-state index in [0.717, 1.165) is 5.56 Å². The average molecular weight is 200 g/mol. The lowest BCUT2D eigenvalue weighted by Gasteiger charge is -2.04. The van der Waals surface area contributed by atoms with E-state index in [4.69, 9.17) is 5.26 Å². The molecule has 15 heavy (non-hydrogen) atoms. The number of aromatic amines is 1. The van der Waals surface area contributed by atoms with Gasteiger partial charge in [-0.05, 0) is 18.6 Å². The van der Waals surface area contributed by atoms with E-state index in [1.807, 2.05) is 13.0 Å². The third kappa shape index (κ3) is 1.42. The third-order valence-electron chi connectivity index (χ3n) is 2.17. The monoisotopic (exact) mass is 200 g/mol. The Labute approximate surface area is 85.6 Å². The number of H-pyrrole nitrogens is 1. The maximum Gasteiger partial charge on any atom is 0.347 e. The molecule has 0 radical (unpaired) electrons. The molecule has 0 aliphatic heterocycles. The van der Waals surface area contributed by atoms with Gasteiger partial charge >= 0.3 is 5.69 Å². The summed E-state index contributed by atoms with van der Waals surface area (Å²) in [6.07, 6.45) is 1.36. The minimum Gasteiger partial charge on any atom is -0.248 e. The number of benzene rings is 1. The minimum atomic E-state index is -0.350. The second-order valence-corrected chi connectivity index (χ2v) is 3.11. The van der Waals surface area contributed by atoms with Crippen LogP contribution in [0.4, 0.5) is 0 Å². The van der Waals surface area contributed by atoms with Crippen LogP contribution in [0.25, 0.3) is 5.69 Å². The van der Waals surface area contributed by atoms with Gasteiger partial charge in [0.2, 0.25) is 0 Å². The smallest absolute Gasteiger partial charge is 0.248 e. The first kappa shape index (κ1) is 9.21. The molecule has 0 amide bonds. The lowest BCUT2D eigenvalue weighted by Crippen LogP contribution is -2.15. The van der Waals surface area contributed by atoms with E-state index in [1.54, 1.807) is 12.1 Å². The second-order valence-electron chi connectivity index (χ2n) is 3.11. The van der Waals surface area contributed by atoms with Crippen molar-refractivity contribution in [3.05, 3.63) is 46.1 Å². The Morgan fingerprint density at radius 1 is 1.53 bits per heavy atom. The maximum atomic E-state index is 11.3. The van der Waals surface area contributed by atoms with Crippen LogP contribution in [0, 0.1) is 18.3 Å².